The Morgan fingerprint density at radius 3 is 2.58 bits per heavy atom. The number of aromatic amines is 1. The number of hydrogen-bond acceptors (Lipinski definition) is 4. The third-order valence-electron chi connectivity index (χ3n) is 5.54. The minimum Gasteiger partial charge on any atom is -0.352 e. The van der Waals surface area contributed by atoms with Gasteiger partial charge in [-0.05, 0) is 56.3 Å². The second-order valence-corrected chi connectivity index (χ2v) is 7.87. The largest absolute Gasteiger partial charge is 0.352 e. The molecule has 1 aliphatic rings. The first-order valence-electron chi connectivity index (χ1n) is 10.6. The molecule has 0 unspecified atom stereocenters. The van der Waals surface area contributed by atoms with Crippen LogP contribution in [0.1, 0.15) is 52.0 Å². The standard InChI is InChI=1S/C23H30N4O3.ClH/c1-27(16-18-6-3-2-4-7-18)23(30)20-14-19(15-26-22(20)29)21(28)25-11-5-8-17-9-12-24-13-10-17;/h2-4,6-7,14-15,17,24H,5,8-13,16H2,1H3,(H,25,28)(H,26,29);1H. The monoisotopic (exact) mass is 446 g/mol. The lowest BCUT2D eigenvalue weighted by molar-refractivity contribution is 0.0783. The van der Waals surface area contributed by atoms with Gasteiger partial charge >= 0.3 is 0 Å². The second kappa shape index (κ2) is 12.3. The zero-order chi connectivity index (χ0) is 21.3. The Hall–Kier alpha value is -2.64. The van der Waals surface area contributed by atoms with Crippen LogP contribution >= 0.6 is 12.4 Å². The minimum absolute atomic E-state index is 0. The van der Waals surface area contributed by atoms with Crippen LogP contribution in [0.15, 0.2) is 47.4 Å². The first-order chi connectivity index (χ1) is 14.5. The molecule has 0 saturated carbocycles. The number of aromatic nitrogens is 1. The van der Waals surface area contributed by atoms with Gasteiger partial charge in [0.25, 0.3) is 17.4 Å². The quantitative estimate of drug-likeness (QED) is 0.543. The Labute approximate surface area is 189 Å². The summed E-state index contributed by atoms with van der Waals surface area (Å²) >= 11 is 0. The summed E-state index contributed by atoms with van der Waals surface area (Å²) in [5.41, 5.74) is 0.721. The summed E-state index contributed by atoms with van der Waals surface area (Å²) in [5, 5.41) is 6.25. The van der Waals surface area contributed by atoms with E-state index in [1.165, 1.54) is 30.0 Å². The number of carbonyl (C=O) groups excluding carboxylic acids is 2. The Balaban J connectivity index is 0.00000341. The van der Waals surface area contributed by atoms with Gasteiger partial charge in [0, 0.05) is 26.3 Å². The zero-order valence-electron chi connectivity index (χ0n) is 17.9. The second-order valence-electron chi connectivity index (χ2n) is 7.87. The van der Waals surface area contributed by atoms with E-state index in [0.717, 1.165) is 37.4 Å². The molecule has 2 aromatic rings. The van der Waals surface area contributed by atoms with Gasteiger partial charge in [-0.25, -0.2) is 0 Å². The maximum atomic E-state index is 12.7. The maximum Gasteiger partial charge on any atom is 0.260 e. The fraction of sp³-hybridized carbons (Fsp3) is 0.435. The highest BCUT2D eigenvalue weighted by molar-refractivity contribution is 5.99. The van der Waals surface area contributed by atoms with E-state index in [1.54, 1.807) is 7.05 Å². The number of benzene rings is 1. The fourth-order valence-corrected chi connectivity index (χ4v) is 3.77. The molecule has 0 radical (unpaired) electrons. The van der Waals surface area contributed by atoms with E-state index in [-0.39, 0.29) is 29.4 Å². The van der Waals surface area contributed by atoms with Crippen molar-refractivity contribution >= 4 is 24.2 Å². The van der Waals surface area contributed by atoms with Crippen LogP contribution in [0.4, 0.5) is 0 Å². The molecule has 1 aromatic heterocycles. The van der Waals surface area contributed by atoms with E-state index < -0.39 is 11.5 Å². The first-order valence-corrected chi connectivity index (χ1v) is 10.6. The van der Waals surface area contributed by atoms with Gasteiger partial charge in [0.05, 0.1) is 5.56 Å². The Morgan fingerprint density at radius 2 is 1.87 bits per heavy atom. The van der Waals surface area contributed by atoms with Crippen LogP contribution in [0.2, 0.25) is 0 Å². The number of rotatable bonds is 8. The number of nitrogens with zero attached hydrogens (tertiary/aromatic N) is 1. The fourth-order valence-electron chi connectivity index (χ4n) is 3.77. The number of amides is 2. The number of halogens is 1. The SMILES string of the molecule is CN(Cc1ccccc1)C(=O)c1cc(C(=O)NCCCC2CCNCC2)c[nH]c1=O.Cl. The third-order valence-corrected chi connectivity index (χ3v) is 5.54. The van der Waals surface area contributed by atoms with E-state index in [1.807, 2.05) is 30.3 Å². The molecular weight excluding hydrogens is 416 g/mol. The Kier molecular flexibility index (Phi) is 9.75. The van der Waals surface area contributed by atoms with Gasteiger partial charge in [-0.2, -0.15) is 0 Å². The highest BCUT2D eigenvalue weighted by Gasteiger charge is 2.18. The van der Waals surface area contributed by atoms with E-state index in [4.69, 9.17) is 0 Å². The summed E-state index contributed by atoms with van der Waals surface area (Å²) in [6, 6.07) is 10.9. The molecule has 31 heavy (non-hydrogen) atoms. The van der Waals surface area contributed by atoms with Gasteiger partial charge < -0.3 is 20.5 Å². The molecule has 168 valence electrons. The highest BCUT2D eigenvalue weighted by Crippen LogP contribution is 2.17. The van der Waals surface area contributed by atoms with Gasteiger partial charge in [0.15, 0.2) is 0 Å². The lowest BCUT2D eigenvalue weighted by Crippen LogP contribution is -2.33. The summed E-state index contributed by atoms with van der Waals surface area (Å²) in [6.07, 6.45) is 5.76. The predicted octanol–water partition coefficient (Wildman–Crippen LogP) is 2.58. The molecule has 1 fully saturated rings. The number of H-pyrrole nitrogens is 1. The summed E-state index contributed by atoms with van der Waals surface area (Å²) in [4.78, 5) is 41.4. The number of pyridine rings is 1. The third kappa shape index (κ3) is 7.22. The van der Waals surface area contributed by atoms with Gasteiger partial charge in [0.1, 0.15) is 5.56 Å². The summed E-state index contributed by atoms with van der Waals surface area (Å²) in [6.45, 7) is 3.11. The van der Waals surface area contributed by atoms with Crippen LogP contribution in [0.25, 0.3) is 0 Å². The number of piperidine rings is 1. The number of carbonyl (C=O) groups is 2. The molecule has 0 spiro atoms. The van der Waals surface area contributed by atoms with Crippen molar-refractivity contribution in [3.8, 4) is 0 Å². The van der Waals surface area contributed by atoms with Crippen LogP contribution in [-0.2, 0) is 6.54 Å². The van der Waals surface area contributed by atoms with Crippen molar-refractivity contribution in [1.82, 2.24) is 20.5 Å². The molecule has 7 nitrogen and oxygen atoms in total. The number of hydrogen-bond donors (Lipinski definition) is 3. The van der Waals surface area contributed by atoms with Crippen molar-refractivity contribution in [1.29, 1.82) is 0 Å². The first kappa shape index (κ1) is 24.6. The average Bonchev–Trinajstić information content (AvgIpc) is 2.78. The minimum atomic E-state index is -0.498. The highest BCUT2D eigenvalue weighted by atomic mass is 35.5. The molecular formula is C23H31ClN4O3. The van der Waals surface area contributed by atoms with E-state index in [9.17, 15) is 14.4 Å². The average molecular weight is 447 g/mol. The van der Waals surface area contributed by atoms with Crippen molar-refractivity contribution < 1.29 is 9.59 Å². The Bertz CT molecular complexity index is 911. The summed E-state index contributed by atoms with van der Waals surface area (Å²) < 4.78 is 0. The van der Waals surface area contributed by atoms with Crippen molar-refractivity contribution in [3.63, 3.8) is 0 Å². The van der Waals surface area contributed by atoms with Crippen LogP contribution < -0.4 is 16.2 Å². The van der Waals surface area contributed by atoms with Crippen LogP contribution in [-0.4, -0.2) is 48.4 Å². The summed E-state index contributed by atoms with van der Waals surface area (Å²) in [7, 11) is 1.64. The number of nitrogens with one attached hydrogen (secondary N) is 3. The van der Waals surface area contributed by atoms with Crippen LogP contribution in [0.3, 0.4) is 0 Å². The van der Waals surface area contributed by atoms with E-state index in [0.29, 0.717) is 13.1 Å². The molecule has 3 rings (SSSR count). The molecule has 2 amide bonds. The lowest BCUT2D eigenvalue weighted by Gasteiger charge is -2.22. The molecule has 1 aromatic carbocycles. The smallest absolute Gasteiger partial charge is 0.260 e. The van der Waals surface area contributed by atoms with Gasteiger partial charge in [-0.1, -0.05) is 30.3 Å². The van der Waals surface area contributed by atoms with Crippen molar-refractivity contribution in [2.24, 2.45) is 5.92 Å². The predicted molar refractivity (Wildman–Crippen MR) is 124 cm³/mol. The van der Waals surface area contributed by atoms with Crippen molar-refractivity contribution in [3.05, 3.63) is 69.6 Å². The van der Waals surface area contributed by atoms with Crippen molar-refractivity contribution in [2.45, 2.75) is 32.2 Å². The van der Waals surface area contributed by atoms with Crippen LogP contribution in [0, 0.1) is 5.92 Å². The van der Waals surface area contributed by atoms with E-state index >= 15 is 0 Å². The molecule has 0 aliphatic carbocycles. The molecule has 0 bridgehead atoms. The maximum absolute atomic E-state index is 12.7. The molecule has 3 N–H and O–H groups in total. The molecule has 2 heterocycles. The molecule has 0 atom stereocenters. The zero-order valence-corrected chi connectivity index (χ0v) is 18.7. The van der Waals surface area contributed by atoms with Crippen LogP contribution in [0.5, 0.6) is 0 Å². The topological polar surface area (TPSA) is 94.3 Å². The summed E-state index contributed by atoms with van der Waals surface area (Å²) in [5.74, 6) is 0.0255. The molecule has 8 heteroatoms. The molecule has 1 aliphatic heterocycles. The lowest BCUT2D eigenvalue weighted by atomic mass is 9.93. The normalized spacial score (nSPS) is 13.8. The van der Waals surface area contributed by atoms with Gasteiger partial charge in [-0.15, -0.1) is 12.4 Å². The van der Waals surface area contributed by atoms with Gasteiger partial charge in [-0.3, -0.25) is 14.4 Å². The van der Waals surface area contributed by atoms with Gasteiger partial charge in [0.2, 0.25) is 0 Å². The van der Waals surface area contributed by atoms with E-state index in [2.05, 4.69) is 15.6 Å². The molecule has 1 saturated heterocycles. The Morgan fingerprint density at radius 1 is 1.16 bits per heavy atom. The van der Waals surface area contributed by atoms with Crippen molar-refractivity contribution in [2.75, 3.05) is 26.7 Å².